The summed E-state index contributed by atoms with van der Waals surface area (Å²) < 4.78 is 43.3. The number of aromatic nitrogens is 2. The van der Waals surface area contributed by atoms with Crippen molar-refractivity contribution < 1.29 is 22.8 Å². The van der Waals surface area contributed by atoms with Gasteiger partial charge < -0.3 is 15.5 Å². The lowest BCUT2D eigenvalue weighted by molar-refractivity contribution is -0.138. The van der Waals surface area contributed by atoms with E-state index in [-0.39, 0.29) is 34.8 Å². The molecule has 2 aromatic rings. The van der Waals surface area contributed by atoms with Gasteiger partial charge in [0.25, 0.3) is 5.91 Å². The minimum absolute atomic E-state index is 0.160. The number of nitrogens with zero attached hydrogens (tertiary/aromatic N) is 4. The van der Waals surface area contributed by atoms with Crippen molar-refractivity contribution in [1.82, 2.24) is 19.6 Å². The molecule has 38 heavy (non-hydrogen) atoms. The van der Waals surface area contributed by atoms with Crippen LogP contribution in [0.3, 0.4) is 0 Å². The minimum atomic E-state index is -4.47. The maximum absolute atomic E-state index is 13.9. The number of rotatable bonds is 7. The maximum atomic E-state index is 13.9. The Morgan fingerprint density at radius 3 is 2.37 bits per heavy atom. The summed E-state index contributed by atoms with van der Waals surface area (Å²) in [6.07, 6.45) is 3.80. The van der Waals surface area contributed by atoms with E-state index in [9.17, 15) is 22.8 Å². The van der Waals surface area contributed by atoms with E-state index in [4.69, 9.17) is 5.73 Å². The highest BCUT2D eigenvalue weighted by atomic mass is 19.4. The van der Waals surface area contributed by atoms with Crippen LogP contribution in [0.4, 0.5) is 13.2 Å². The van der Waals surface area contributed by atoms with Crippen LogP contribution in [0.1, 0.15) is 96.5 Å². The quantitative estimate of drug-likeness (QED) is 0.566. The van der Waals surface area contributed by atoms with Crippen LogP contribution < -0.4 is 5.73 Å². The average molecular weight is 530 g/mol. The van der Waals surface area contributed by atoms with Crippen molar-refractivity contribution in [3.05, 3.63) is 52.8 Å². The number of nitrogens with two attached hydrogens (primary N) is 1. The van der Waals surface area contributed by atoms with Gasteiger partial charge in [0.1, 0.15) is 0 Å². The first-order valence-corrected chi connectivity index (χ1v) is 13.7. The lowest BCUT2D eigenvalue weighted by atomic mass is 9.97. The largest absolute Gasteiger partial charge is 0.416 e. The van der Waals surface area contributed by atoms with Crippen molar-refractivity contribution in [2.75, 3.05) is 26.2 Å². The van der Waals surface area contributed by atoms with Gasteiger partial charge in [-0.25, -0.2) is 0 Å². The van der Waals surface area contributed by atoms with Gasteiger partial charge in [-0.1, -0.05) is 18.2 Å². The molecule has 2 aliphatic carbocycles. The van der Waals surface area contributed by atoms with Gasteiger partial charge in [-0.15, -0.1) is 0 Å². The molecular formula is C28H34F3N5O2. The van der Waals surface area contributed by atoms with Crippen molar-refractivity contribution >= 4 is 11.8 Å². The van der Waals surface area contributed by atoms with Crippen molar-refractivity contribution in [3.63, 3.8) is 0 Å². The summed E-state index contributed by atoms with van der Waals surface area (Å²) in [6, 6.07) is 5.17. The molecule has 0 spiro atoms. The number of halogens is 3. The number of carbonyl (C=O) groups excluding carboxylic acids is 2. The number of amides is 2. The van der Waals surface area contributed by atoms with Crippen LogP contribution >= 0.6 is 0 Å². The van der Waals surface area contributed by atoms with Gasteiger partial charge in [0.2, 0.25) is 5.91 Å². The van der Waals surface area contributed by atoms with Crippen molar-refractivity contribution in [3.8, 4) is 0 Å². The van der Waals surface area contributed by atoms with Crippen LogP contribution in [0.2, 0.25) is 0 Å². The Labute approximate surface area is 220 Å². The van der Waals surface area contributed by atoms with E-state index in [1.54, 1.807) is 17.2 Å². The molecule has 4 aliphatic rings. The summed E-state index contributed by atoms with van der Waals surface area (Å²) in [6.45, 7) is 2.83. The number of piperidine rings is 1. The lowest BCUT2D eigenvalue weighted by Crippen LogP contribution is -2.42. The molecular weight excluding hydrogens is 495 g/mol. The summed E-state index contributed by atoms with van der Waals surface area (Å²) in [5, 5.41) is 4.68. The fourth-order valence-corrected chi connectivity index (χ4v) is 6.51. The van der Waals surface area contributed by atoms with Crippen molar-refractivity contribution in [2.24, 2.45) is 11.1 Å². The fraction of sp³-hybridized carbons (Fsp3) is 0.607. The fourth-order valence-electron chi connectivity index (χ4n) is 6.51. The standard InChI is InChI=1S/C28H34F3N5O2/c29-28(30,31)22-5-2-1-4-20(22)23-6-3-13-35(23)25(37)21-16-33-36(24(21)18-7-8-18)19-9-14-34(15-10-19)17-27(11-12-27)26(32)38/h1-2,4-5,16,18-19,23H,3,6-15,17H2,(H2,32,38). The Morgan fingerprint density at radius 2 is 1.74 bits per heavy atom. The van der Waals surface area contributed by atoms with Gasteiger partial charge in [0.05, 0.1) is 40.5 Å². The van der Waals surface area contributed by atoms with E-state index in [0.29, 0.717) is 31.5 Å². The molecule has 1 aromatic heterocycles. The van der Waals surface area contributed by atoms with Crippen molar-refractivity contribution in [2.45, 2.75) is 75.5 Å². The summed E-state index contributed by atoms with van der Waals surface area (Å²) in [4.78, 5) is 29.6. The first kappa shape index (κ1) is 25.4. The lowest BCUT2D eigenvalue weighted by Gasteiger charge is -2.34. The van der Waals surface area contributed by atoms with Crippen molar-refractivity contribution in [1.29, 1.82) is 0 Å². The normalized spacial score (nSPS) is 24.1. The topological polar surface area (TPSA) is 84.5 Å². The summed E-state index contributed by atoms with van der Waals surface area (Å²) in [5.41, 5.74) is 6.25. The highest BCUT2D eigenvalue weighted by molar-refractivity contribution is 5.96. The van der Waals surface area contributed by atoms with Crippen LogP contribution in [-0.2, 0) is 11.0 Å². The first-order valence-electron chi connectivity index (χ1n) is 13.7. The van der Waals surface area contributed by atoms with Crippen LogP contribution in [-0.4, -0.2) is 57.6 Å². The Kier molecular flexibility index (Phi) is 6.28. The number of alkyl halides is 3. The Morgan fingerprint density at radius 1 is 1.03 bits per heavy atom. The predicted molar refractivity (Wildman–Crippen MR) is 134 cm³/mol. The Hall–Kier alpha value is -2.88. The summed E-state index contributed by atoms with van der Waals surface area (Å²) in [5.74, 6) is -0.154. The molecule has 204 valence electrons. The molecule has 2 saturated carbocycles. The summed E-state index contributed by atoms with van der Waals surface area (Å²) in [7, 11) is 0. The van der Waals surface area contributed by atoms with E-state index < -0.39 is 17.8 Å². The monoisotopic (exact) mass is 529 g/mol. The number of hydrogen-bond donors (Lipinski definition) is 1. The number of likely N-dealkylation sites (tertiary alicyclic amines) is 2. The molecule has 7 nitrogen and oxygen atoms in total. The summed E-state index contributed by atoms with van der Waals surface area (Å²) >= 11 is 0. The van der Waals surface area contributed by atoms with Gasteiger partial charge in [-0.05, 0) is 63.0 Å². The van der Waals surface area contributed by atoms with Gasteiger partial charge >= 0.3 is 6.18 Å². The molecule has 4 fully saturated rings. The molecule has 2 N–H and O–H groups in total. The zero-order valence-electron chi connectivity index (χ0n) is 21.4. The Bertz CT molecular complexity index is 1230. The zero-order valence-corrected chi connectivity index (χ0v) is 21.4. The highest BCUT2D eigenvalue weighted by Gasteiger charge is 2.50. The molecule has 0 radical (unpaired) electrons. The van der Waals surface area contributed by atoms with Crippen LogP contribution in [0.5, 0.6) is 0 Å². The molecule has 3 heterocycles. The second-order valence-electron chi connectivity index (χ2n) is 11.6. The number of primary amides is 1. The second-order valence-corrected chi connectivity index (χ2v) is 11.6. The molecule has 1 unspecified atom stereocenters. The van der Waals surface area contributed by atoms with Gasteiger partial charge in [0.15, 0.2) is 0 Å². The third-order valence-corrected chi connectivity index (χ3v) is 8.97. The third-order valence-electron chi connectivity index (χ3n) is 8.97. The molecule has 2 amide bonds. The van der Waals surface area contributed by atoms with Gasteiger partial charge in [0, 0.05) is 32.1 Å². The second kappa shape index (κ2) is 9.39. The number of benzene rings is 1. The van der Waals surface area contributed by atoms with Crippen LogP contribution in [0, 0.1) is 5.41 Å². The average Bonchev–Trinajstić information content (AvgIpc) is 3.80. The zero-order chi connectivity index (χ0) is 26.7. The molecule has 2 saturated heterocycles. The minimum Gasteiger partial charge on any atom is -0.369 e. The third kappa shape index (κ3) is 4.61. The number of hydrogen-bond acceptors (Lipinski definition) is 4. The predicted octanol–water partition coefficient (Wildman–Crippen LogP) is 4.66. The SMILES string of the molecule is NC(=O)C1(CN2CCC(n3ncc(C(=O)N4CCCC4c4ccccc4C(F)(F)F)c3C3CC3)CC2)CC1. The molecule has 10 heteroatoms. The molecule has 1 aromatic carbocycles. The molecule has 0 bridgehead atoms. The van der Waals surface area contributed by atoms with E-state index >= 15 is 0 Å². The van der Waals surface area contributed by atoms with Crippen LogP contribution in [0.15, 0.2) is 30.5 Å². The first-order chi connectivity index (χ1) is 18.2. The molecule has 6 rings (SSSR count). The smallest absolute Gasteiger partial charge is 0.369 e. The molecule has 2 aliphatic heterocycles. The number of carbonyl (C=O) groups is 2. The Balaban J connectivity index is 1.21. The van der Waals surface area contributed by atoms with E-state index in [1.165, 1.54) is 12.1 Å². The molecule has 1 atom stereocenters. The van der Waals surface area contributed by atoms with E-state index in [0.717, 1.165) is 63.4 Å². The van der Waals surface area contributed by atoms with E-state index in [1.807, 2.05) is 4.68 Å². The van der Waals surface area contributed by atoms with E-state index in [2.05, 4.69) is 10.00 Å². The maximum Gasteiger partial charge on any atom is 0.416 e. The highest BCUT2D eigenvalue weighted by Crippen LogP contribution is 2.48. The van der Waals surface area contributed by atoms with Gasteiger partial charge in [-0.2, -0.15) is 18.3 Å². The van der Waals surface area contributed by atoms with Gasteiger partial charge in [-0.3, -0.25) is 14.3 Å². The van der Waals surface area contributed by atoms with Crippen LogP contribution in [0.25, 0.3) is 0 Å².